The predicted molar refractivity (Wildman–Crippen MR) is 80.6 cm³/mol. The van der Waals surface area contributed by atoms with Gasteiger partial charge in [-0.2, -0.15) is 0 Å². The maximum atomic E-state index is 6.12. The van der Waals surface area contributed by atoms with E-state index in [4.69, 9.17) is 15.2 Å². The van der Waals surface area contributed by atoms with Crippen LogP contribution in [0.3, 0.4) is 0 Å². The second kappa shape index (κ2) is 5.02. The first kappa shape index (κ1) is 13.3. The van der Waals surface area contributed by atoms with Gasteiger partial charge in [-0.25, -0.2) is 0 Å². The van der Waals surface area contributed by atoms with Crippen LogP contribution in [0.25, 0.3) is 10.9 Å². The van der Waals surface area contributed by atoms with Gasteiger partial charge in [0.1, 0.15) is 11.5 Å². The first-order valence-corrected chi connectivity index (χ1v) is 7.18. The zero-order chi connectivity index (χ0) is 14.2. The average Bonchev–Trinajstić information content (AvgIpc) is 3.12. The first-order valence-electron chi connectivity index (χ1n) is 7.18. The molecule has 0 atom stereocenters. The summed E-state index contributed by atoms with van der Waals surface area (Å²) in [5.41, 5.74) is 8.56. The third-order valence-electron chi connectivity index (χ3n) is 4.71. The standard InChI is InChI=1S/C16H22N2O2/c1-19-11-7-12-13(16(10-17)5-3-4-6-16)9-18-15(12)14(8-11)20-2/h7-9,18H,3-6,10,17H2,1-2H3. The molecule has 108 valence electrons. The van der Waals surface area contributed by atoms with Gasteiger partial charge >= 0.3 is 0 Å². The number of hydrogen-bond donors (Lipinski definition) is 2. The molecule has 0 aliphatic heterocycles. The van der Waals surface area contributed by atoms with Crippen LogP contribution in [0.1, 0.15) is 31.2 Å². The second-order valence-corrected chi connectivity index (χ2v) is 5.65. The van der Waals surface area contributed by atoms with Crippen LogP contribution in [-0.2, 0) is 5.41 Å². The van der Waals surface area contributed by atoms with Crippen LogP contribution in [0.15, 0.2) is 18.3 Å². The summed E-state index contributed by atoms with van der Waals surface area (Å²) in [5, 5.41) is 1.17. The second-order valence-electron chi connectivity index (χ2n) is 5.65. The largest absolute Gasteiger partial charge is 0.497 e. The Morgan fingerprint density at radius 2 is 1.95 bits per heavy atom. The summed E-state index contributed by atoms with van der Waals surface area (Å²) in [6.45, 7) is 0.694. The van der Waals surface area contributed by atoms with E-state index in [-0.39, 0.29) is 5.41 Å². The molecule has 0 saturated heterocycles. The lowest BCUT2D eigenvalue weighted by Gasteiger charge is -2.27. The molecule has 4 heteroatoms. The van der Waals surface area contributed by atoms with Crippen molar-refractivity contribution in [1.29, 1.82) is 0 Å². The Hall–Kier alpha value is -1.68. The number of H-pyrrole nitrogens is 1. The van der Waals surface area contributed by atoms with Gasteiger partial charge in [-0.1, -0.05) is 12.8 Å². The van der Waals surface area contributed by atoms with E-state index in [9.17, 15) is 0 Å². The van der Waals surface area contributed by atoms with Crippen molar-refractivity contribution in [1.82, 2.24) is 4.98 Å². The third kappa shape index (κ3) is 1.86. The van der Waals surface area contributed by atoms with Gasteiger partial charge in [0.2, 0.25) is 0 Å². The number of nitrogens with one attached hydrogen (secondary N) is 1. The van der Waals surface area contributed by atoms with Crippen LogP contribution >= 0.6 is 0 Å². The van der Waals surface area contributed by atoms with Crippen molar-refractivity contribution in [2.45, 2.75) is 31.1 Å². The SMILES string of the molecule is COc1cc(OC)c2[nH]cc(C3(CN)CCCC3)c2c1. The fourth-order valence-electron chi connectivity index (χ4n) is 3.53. The number of benzene rings is 1. The van der Waals surface area contributed by atoms with Gasteiger partial charge < -0.3 is 20.2 Å². The van der Waals surface area contributed by atoms with Gasteiger partial charge in [0.05, 0.1) is 19.7 Å². The van der Waals surface area contributed by atoms with Crippen molar-refractivity contribution < 1.29 is 9.47 Å². The molecule has 0 bridgehead atoms. The third-order valence-corrected chi connectivity index (χ3v) is 4.71. The molecule has 1 fully saturated rings. The highest BCUT2D eigenvalue weighted by atomic mass is 16.5. The van der Waals surface area contributed by atoms with Gasteiger partial charge in [0.25, 0.3) is 0 Å². The smallest absolute Gasteiger partial charge is 0.146 e. The molecule has 1 saturated carbocycles. The van der Waals surface area contributed by atoms with E-state index in [1.807, 2.05) is 6.07 Å². The quantitative estimate of drug-likeness (QED) is 0.901. The van der Waals surface area contributed by atoms with Crippen molar-refractivity contribution in [3.63, 3.8) is 0 Å². The number of rotatable bonds is 4. The molecular formula is C16H22N2O2. The van der Waals surface area contributed by atoms with Gasteiger partial charge in [0, 0.05) is 29.6 Å². The molecule has 0 unspecified atom stereocenters. The molecular weight excluding hydrogens is 252 g/mol. The minimum Gasteiger partial charge on any atom is -0.497 e. The highest BCUT2D eigenvalue weighted by molar-refractivity contribution is 5.91. The molecule has 3 N–H and O–H groups in total. The number of aromatic amines is 1. The topological polar surface area (TPSA) is 60.3 Å². The summed E-state index contributed by atoms with van der Waals surface area (Å²) in [6, 6.07) is 3.99. The van der Waals surface area contributed by atoms with Crippen molar-refractivity contribution >= 4 is 10.9 Å². The minimum absolute atomic E-state index is 0.107. The average molecular weight is 274 g/mol. The van der Waals surface area contributed by atoms with E-state index in [2.05, 4.69) is 17.2 Å². The van der Waals surface area contributed by atoms with Crippen LogP contribution in [-0.4, -0.2) is 25.7 Å². The molecule has 1 aliphatic rings. The molecule has 20 heavy (non-hydrogen) atoms. The number of aromatic nitrogens is 1. The Labute approximate surface area is 119 Å². The Kier molecular flexibility index (Phi) is 3.34. The Morgan fingerprint density at radius 1 is 1.20 bits per heavy atom. The number of ether oxygens (including phenoxy) is 2. The Bertz CT molecular complexity index is 612. The summed E-state index contributed by atoms with van der Waals surface area (Å²) >= 11 is 0. The van der Waals surface area contributed by atoms with Gasteiger partial charge in [0.15, 0.2) is 0 Å². The Balaban J connectivity index is 2.21. The highest BCUT2D eigenvalue weighted by Gasteiger charge is 2.36. The maximum absolute atomic E-state index is 6.12. The number of hydrogen-bond acceptors (Lipinski definition) is 3. The van der Waals surface area contributed by atoms with E-state index in [0.29, 0.717) is 6.54 Å². The fourth-order valence-corrected chi connectivity index (χ4v) is 3.53. The lowest BCUT2D eigenvalue weighted by atomic mass is 9.79. The fraction of sp³-hybridized carbons (Fsp3) is 0.500. The lowest BCUT2D eigenvalue weighted by molar-refractivity contribution is 0.397. The molecule has 1 aromatic heterocycles. The van der Waals surface area contributed by atoms with Crippen molar-refractivity contribution in [3.8, 4) is 11.5 Å². The molecule has 1 heterocycles. The number of methoxy groups -OCH3 is 2. The molecule has 4 nitrogen and oxygen atoms in total. The van der Waals surface area contributed by atoms with Crippen molar-refractivity contribution in [2.24, 2.45) is 5.73 Å². The molecule has 0 radical (unpaired) electrons. The van der Waals surface area contributed by atoms with E-state index in [1.54, 1.807) is 14.2 Å². The van der Waals surface area contributed by atoms with Crippen LogP contribution < -0.4 is 15.2 Å². The van der Waals surface area contributed by atoms with E-state index in [1.165, 1.54) is 23.8 Å². The molecule has 3 rings (SSSR count). The lowest BCUT2D eigenvalue weighted by Crippen LogP contribution is -2.31. The summed E-state index contributed by atoms with van der Waals surface area (Å²) in [6.07, 6.45) is 6.94. The van der Waals surface area contributed by atoms with E-state index >= 15 is 0 Å². The monoisotopic (exact) mass is 274 g/mol. The molecule has 1 aromatic carbocycles. The summed E-state index contributed by atoms with van der Waals surface area (Å²) in [5.74, 6) is 1.64. The zero-order valence-corrected chi connectivity index (χ0v) is 12.2. The molecule has 0 spiro atoms. The van der Waals surface area contributed by atoms with Gasteiger partial charge in [-0.3, -0.25) is 0 Å². The van der Waals surface area contributed by atoms with E-state index < -0.39 is 0 Å². The molecule has 1 aliphatic carbocycles. The molecule has 0 amide bonds. The Morgan fingerprint density at radius 3 is 2.55 bits per heavy atom. The van der Waals surface area contributed by atoms with Crippen LogP contribution in [0.4, 0.5) is 0 Å². The summed E-state index contributed by atoms with van der Waals surface area (Å²) in [7, 11) is 3.37. The van der Waals surface area contributed by atoms with E-state index in [0.717, 1.165) is 29.9 Å². The van der Waals surface area contributed by atoms with Crippen LogP contribution in [0.2, 0.25) is 0 Å². The predicted octanol–water partition coefficient (Wildman–Crippen LogP) is 2.96. The van der Waals surface area contributed by atoms with Crippen LogP contribution in [0, 0.1) is 0 Å². The summed E-state index contributed by atoms with van der Waals surface area (Å²) < 4.78 is 10.9. The van der Waals surface area contributed by atoms with Gasteiger partial charge in [-0.05, 0) is 24.5 Å². The van der Waals surface area contributed by atoms with Crippen molar-refractivity contribution in [3.05, 3.63) is 23.9 Å². The number of nitrogens with two attached hydrogens (primary N) is 1. The highest BCUT2D eigenvalue weighted by Crippen LogP contribution is 2.45. The number of fused-ring (bicyclic) bond motifs is 1. The normalized spacial score (nSPS) is 17.6. The minimum atomic E-state index is 0.107. The molecule has 2 aromatic rings. The van der Waals surface area contributed by atoms with Gasteiger partial charge in [-0.15, -0.1) is 0 Å². The first-order chi connectivity index (χ1) is 9.74. The maximum Gasteiger partial charge on any atom is 0.146 e. The summed E-state index contributed by atoms with van der Waals surface area (Å²) in [4.78, 5) is 3.36. The zero-order valence-electron chi connectivity index (χ0n) is 12.2. The van der Waals surface area contributed by atoms with Crippen LogP contribution in [0.5, 0.6) is 11.5 Å². The van der Waals surface area contributed by atoms with Crippen molar-refractivity contribution in [2.75, 3.05) is 20.8 Å².